The van der Waals surface area contributed by atoms with E-state index in [-0.39, 0.29) is 11.9 Å². The molecule has 0 spiro atoms. The van der Waals surface area contributed by atoms with Crippen LogP contribution < -0.4 is 10.5 Å². The number of benzene rings is 2. The van der Waals surface area contributed by atoms with Gasteiger partial charge in [-0.25, -0.2) is 4.39 Å². The normalized spacial score (nSPS) is 11.7. The maximum absolute atomic E-state index is 13.2. The molecule has 0 saturated carbocycles. The molecule has 0 amide bonds. The summed E-state index contributed by atoms with van der Waals surface area (Å²) in [6.07, 6.45) is 0.363. The van der Waals surface area contributed by atoms with E-state index in [0.717, 1.165) is 5.56 Å². The van der Waals surface area contributed by atoms with E-state index in [9.17, 15) is 4.39 Å². The summed E-state index contributed by atoms with van der Waals surface area (Å²) < 4.78 is 19.0. The van der Waals surface area contributed by atoms with Crippen molar-refractivity contribution in [3.05, 3.63) is 59.4 Å². The highest BCUT2D eigenvalue weighted by Gasteiger charge is 2.10. The zero-order chi connectivity index (χ0) is 14.5. The summed E-state index contributed by atoms with van der Waals surface area (Å²) in [5, 5.41) is 8.62. The van der Waals surface area contributed by atoms with Crippen LogP contribution in [0.2, 0.25) is 0 Å². The number of ether oxygens (including phenoxy) is 1. The van der Waals surface area contributed by atoms with Crippen molar-refractivity contribution in [2.45, 2.75) is 19.4 Å². The SMILES string of the molecule is CC(N)c1cc(F)ccc1Oc1ccc(CC#N)cc1. The average Bonchev–Trinajstić information content (AvgIpc) is 2.43. The minimum atomic E-state index is -0.339. The van der Waals surface area contributed by atoms with Crippen LogP contribution in [0.1, 0.15) is 24.1 Å². The largest absolute Gasteiger partial charge is 0.457 e. The Balaban J connectivity index is 2.23. The first-order chi connectivity index (χ1) is 9.60. The molecule has 2 aromatic carbocycles. The van der Waals surface area contributed by atoms with Gasteiger partial charge in [0.2, 0.25) is 0 Å². The van der Waals surface area contributed by atoms with Gasteiger partial charge in [0.05, 0.1) is 12.5 Å². The minimum absolute atomic E-state index is 0.321. The molecular formula is C16H15FN2O. The Bertz CT molecular complexity index is 630. The molecule has 0 heterocycles. The third kappa shape index (κ3) is 3.34. The second-order valence-electron chi connectivity index (χ2n) is 4.55. The highest BCUT2D eigenvalue weighted by Crippen LogP contribution is 2.29. The third-order valence-electron chi connectivity index (χ3n) is 2.90. The monoisotopic (exact) mass is 270 g/mol. The van der Waals surface area contributed by atoms with E-state index in [0.29, 0.717) is 23.5 Å². The number of nitrogens with two attached hydrogens (primary N) is 1. The Morgan fingerprint density at radius 3 is 2.55 bits per heavy atom. The van der Waals surface area contributed by atoms with Gasteiger partial charge >= 0.3 is 0 Å². The summed E-state index contributed by atoms with van der Waals surface area (Å²) in [5.74, 6) is 0.823. The lowest BCUT2D eigenvalue weighted by Crippen LogP contribution is -2.07. The summed E-state index contributed by atoms with van der Waals surface area (Å²) in [6, 6.07) is 13.3. The van der Waals surface area contributed by atoms with Gasteiger partial charge in [0, 0.05) is 11.6 Å². The van der Waals surface area contributed by atoms with Gasteiger partial charge in [-0.2, -0.15) is 5.26 Å². The fourth-order valence-electron chi connectivity index (χ4n) is 1.86. The predicted octanol–water partition coefficient (Wildman–Crippen LogP) is 3.70. The highest BCUT2D eigenvalue weighted by atomic mass is 19.1. The first-order valence-electron chi connectivity index (χ1n) is 6.29. The summed E-state index contributed by atoms with van der Waals surface area (Å²) in [4.78, 5) is 0. The highest BCUT2D eigenvalue weighted by molar-refractivity contribution is 5.40. The van der Waals surface area contributed by atoms with Gasteiger partial charge < -0.3 is 10.5 Å². The van der Waals surface area contributed by atoms with Crippen LogP contribution in [0, 0.1) is 17.1 Å². The molecule has 0 aromatic heterocycles. The van der Waals surface area contributed by atoms with Crippen LogP contribution in [0.5, 0.6) is 11.5 Å². The van der Waals surface area contributed by atoms with E-state index < -0.39 is 0 Å². The van der Waals surface area contributed by atoms with Crippen molar-refractivity contribution in [1.82, 2.24) is 0 Å². The van der Waals surface area contributed by atoms with Crippen LogP contribution >= 0.6 is 0 Å². The molecule has 2 rings (SSSR count). The lowest BCUT2D eigenvalue weighted by molar-refractivity contribution is 0.469. The standard InChI is InChI=1S/C16H15FN2O/c1-11(19)15-10-13(17)4-7-16(15)20-14-5-2-12(3-6-14)8-9-18/h2-7,10-11H,8,19H2,1H3. The molecule has 1 unspecified atom stereocenters. The summed E-state index contributed by atoms with van der Waals surface area (Å²) >= 11 is 0. The second kappa shape index (κ2) is 6.18. The molecule has 1 atom stereocenters. The summed E-state index contributed by atoms with van der Waals surface area (Å²) in [5.41, 5.74) is 7.36. The summed E-state index contributed by atoms with van der Waals surface area (Å²) in [6.45, 7) is 1.78. The van der Waals surface area contributed by atoms with Crippen molar-refractivity contribution in [2.75, 3.05) is 0 Å². The Kier molecular flexibility index (Phi) is 4.34. The molecule has 4 heteroatoms. The zero-order valence-electron chi connectivity index (χ0n) is 11.1. The number of rotatable bonds is 4. The van der Waals surface area contributed by atoms with Crippen molar-refractivity contribution < 1.29 is 9.13 Å². The van der Waals surface area contributed by atoms with Gasteiger partial charge in [-0.15, -0.1) is 0 Å². The van der Waals surface area contributed by atoms with Gasteiger partial charge in [0.15, 0.2) is 0 Å². The lowest BCUT2D eigenvalue weighted by atomic mass is 10.1. The molecule has 0 radical (unpaired) electrons. The summed E-state index contributed by atoms with van der Waals surface area (Å²) in [7, 11) is 0. The first kappa shape index (κ1) is 14.0. The van der Waals surface area contributed by atoms with Crippen LogP contribution in [-0.2, 0) is 6.42 Å². The topological polar surface area (TPSA) is 59.0 Å². The smallest absolute Gasteiger partial charge is 0.132 e. The molecule has 2 aromatic rings. The van der Waals surface area contributed by atoms with Crippen molar-refractivity contribution >= 4 is 0 Å². The Morgan fingerprint density at radius 1 is 1.25 bits per heavy atom. The quantitative estimate of drug-likeness (QED) is 0.921. The fourth-order valence-corrected chi connectivity index (χ4v) is 1.86. The maximum atomic E-state index is 13.2. The average molecular weight is 270 g/mol. The van der Waals surface area contributed by atoms with E-state index in [1.807, 2.05) is 12.1 Å². The number of halogens is 1. The maximum Gasteiger partial charge on any atom is 0.132 e. The van der Waals surface area contributed by atoms with Crippen LogP contribution in [0.4, 0.5) is 4.39 Å². The fraction of sp³-hybridized carbons (Fsp3) is 0.188. The van der Waals surface area contributed by atoms with E-state index in [4.69, 9.17) is 15.7 Å². The van der Waals surface area contributed by atoms with E-state index in [1.165, 1.54) is 12.1 Å². The van der Waals surface area contributed by atoms with Crippen molar-refractivity contribution in [3.8, 4) is 17.6 Å². The zero-order valence-corrected chi connectivity index (χ0v) is 11.1. The van der Waals surface area contributed by atoms with E-state index >= 15 is 0 Å². The molecule has 102 valence electrons. The molecule has 0 aliphatic heterocycles. The number of nitrogens with zero attached hydrogens (tertiary/aromatic N) is 1. The first-order valence-corrected chi connectivity index (χ1v) is 6.29. The Labute approximate surface area is 117 Å². The molecule has 0 fully saturated rings. The van der Waals surface area contributed by atoms with Crippen LogP contribution in [0.3, 0.4) is 0 Å². The molecule has 20 heavy (non-hydrogen) atoms. The third-order valence-corrected chi connectivity index (χ3v) is 2.90. The molecule has 0 bridgehead atoms. The predicted molar refractivity (Wildman–Crippen MR) is 74.8 cm³/mol. The van der Waals surface area contributed by atoms with Crippen molar-refractivity contribution in [3.63, 3.8) is 0 Å². The van der Waals surface area contributed by atoms with E-state index in [2.05, 4.69) is 6.07 Å². The molecule has 0 aliphatic rings. The number of nitriles is 1. The minimum Gasteiger partial charge on any atom is -0.457 e. The Morgan fingerprint density at radius 2 is 1.95 bits per heavy atom. The molecular weight excluding hydrogens is 255 g/mol. The van der Waals surface area contributed by atoms with Gasteiger partial charge in [-0.3, -0.25) is 0 Å². The van der Waals surface area contributed by atoms with Crippen molar-refractivity contribution in [2.24, 2.45) is 5.73 Å². The van der Waals surface area contributed by atoms with Gasteiger partial charge in [0.25, 0.3) is 0 Å². The van der Waals surface area contributed by atoms with Gasteiger partial charge in [-0.05, 0) is 42.8 Å². The van der Waals surface area contributed by atoms with Gasteiger partial charge in [-0.1, -0.05) is 12.1 Å². The molecule has 0 aliphatic carbocycles. The number of hydrogen-bond donors (Lipinski definition) is 1. The Hall–Kier alpha value is -2.38. The van der Waals surface area contributed by atoms with Gasteiger partial charge in [0.1, 0.15) is 17.3 Å². The second-order valence-corrected chi connectivity index (χ2v) is 4.55. The van der Waals surface area contributed by atoms with Crippen LogP contribution in [-0.4, -0.2) is 0 Å². The van der Waals surface area contributed by atoms with Crippen molar-refractivity contribution in [1.29, 1.82) is 5.26 Å². The molecule has 3 nitrogen and oxygen atoms in total. The lowest BCUT2D eigenvalue weighted by Gasteiger charge is -2.14. The number of hydrogen-bond acceptors (Lipinski definition) is 3. The van der Waals surface area contributed by atoms with Crippen LogP contribution in [0.15, 0.2) is 42.5 Å². The van der Waals surface area contributed by atoms with Crippen LogP contribution in [0.25, 0.3) is 0 Å². The molecule has 2 N–H and O–H groups in total. The van der Waals surface area contributed by atoms with E-state index in [1.54, 1.807) is 25.1 Å². The molecule has 0 saturated heterocycles.